The molecule has 1 atom stereocenters. The lowest BCUT2D eigenvalue weighted by Gasteiger charge is -2.23. The molecule has 0 amide bonds. The van der Waals surface area contributed by atoms with Crippen molar-refractivity contribution < 1.29 is 4.42 Å². The van der Waals surface area contributed by atoms with Crippen molar-refractivity contribution in [3.05, 3.63) is 52.4 Å². The van der Waals surface area contributed by atoms with Gasteiger partial charge in [0.2, 0.25) is 0 Å². The van der Waals surface area contributed by atoms with Crippen molar-refractivity contribution in [3.8, 4) is 0 Å². The zero-order chi connectivity index (χ0) is 14.7. The number of halogens is 1. The molecule has 1 unspecified atom stereocenters. The van der Waals surface area contributed by atoms with Crippen molar-refractivity contribution >= 4 is 17.3 Å². The monoisotopic (exact) mass is 292 g/mol. The van der Waals surface area contributed by atoms with E-state index >= 15 is 0 Å². The van der Waals surface area contributed by atoms with Gasteiger partial charge in [0.05, 0.1) is 6.26 Å². The molecule has 1 heterocycles. The predicted octanol–water partition coefficient (Wildman–Crippen LogP) is 3.77. The number of nitrogens with zero attached hydrogens (tertiary/aromatic N) is 1. The Kier molecular flexibility index (Phi) is 4.73. The van der Waals surface area contributed by atoms with E-state index in [1.807, 2.05) is 32.0 Å². The van der Waals surface area contributed by atoms with Crippen LogP contribution in [0.2, 0.25) is 5.02 Å². The Morgan fingerprint density at radius 3 is 2.65 bits per heavy atom. The minimum absolute atomic E-state index is 0.124. The van der Waals surface area contributed by atoms with Crippen LogP contribution in [0, 0.1) is 6.92 Å². The highest BCUT2D eigenvalue weighted by Crippen LogP contribution is 2.27. The number of rotatable bonds is 5. The normalized spacial score (nSPS) is 12.4. The Morgan fingerprint density at radius 2 is 2.05 bits per heavy atom. The lowest BCUT2D eigenvalue weighted by Crippen LogP contribution is -2.22. The van der Waals surface area contributed by atoms with Gasteiger partial charge in [-0.05, 0) is 44.0 Å². The van der Waals surface area contributed by atoms with Crippen molar-refractivity contribution in [2.24, 2.45) is 5.73 Å². The van der Waals surface area contributed by atoms with E-state index in [1.54, 1.807) is 6.26 Å². The van der Waals surface area contributed by atoms with Gasteiger partial charge in [-0.25, -0.2) is 0 Å². The molecule has 0 aliphatic heterocycles. The Hall–Kier alpha value is -1.45. The van der Waals surface area contributed by atoms with Gasteiger partial charge in [0.15, 0.2) is 0 Å². The van der Waals surface area contributed by atoms with Gasteiger partial charge in [-0.2, -0.15) is 0 Å². The number of benzene rings is 1. The lowest BCUT2D eigenvalue weighted by molar-refractivity contribution is 0.529. The molecule has 1 aromatic carbocycles. The second kappa shape index (κ2) is 6.33. The van der Waals surface area contributed by atoms with Crippen LogP contribution in [0.5, 0.6) is 0 Å². The fourth-order valence-electron chi connectivity index (χ4n) is 2.33. The van der Waals surface area contributed by atoms with Crippen LogP contribution in [-0.2, 0) is 13.0 Å². The van der Waals surface area contributed by atoms with Crippen molar-refractivity contribution in [3.63, 3.8) is 0 Å². The zero-order valence-corrected chi connectivity index (χ0v) is 12.9. The Morgan fingerprint density at radius 1 is 1.30 bits per heavy atom. The van der Waals surface area contributed by atoms with Crippen molar-refractivity contribution in [2.45, 2.75) is 32.9 Å². The van der Waals surface area contributed by atoms with Crippen LogP contribution in [0.4, 0.5) is 5.69 Å². The van der Waals surface area contributed by atoms with E-state index in [4.69, 9.17) is 21.8 Å². The largest absolute Gasteiger partial charge is 0.469 e. The van der Waals surface area contributed by atoms with Gasteiger partial charge in [-0.15, -0.1) is 0 Å². The molecule has 4 heteroatoms. The molecule has 2 aromatic rings. The predicted molar refractivity (Wildman–Crippen MR) is 84.4 cm³/mol. The Labute approximate surface area is 125 Å². The lowest BCUT2D eigenvalue weighted by atomic mass is 10.0. The third kappa shape index (κ3) is 3.56. The van der Waals surface area contributed by atoms with E-state index in [0.29, 0.717) is 0 Å². The minimum atomic E-state index is 0.124. The summed E-state index contributed by atoms with van der Waals surface area (Å²) in [5, 5.41) is 0.740. The van der Waals surface area contributed by atoms with Gasteiger partial charge >= 0.3 is 0 Å². The summed E-state index contributed by atoms with van der Waals surface area (Å²) in [5.41, 5.74) is 9.44. The van der Waals surface area contributed by atoms with Crippen molar-refractivity contribution in [2.75, 3.05) is 11.9 Å². The van der Waals surface area contributed by atoms with E-state index in [-0.39, 0.29) is 6.04 Å². The molecule has 3 nitrogen and oxygen atoms in total. The molecule has 0 saturated carbocycles. The quantitative estimate of drug-likeness (QED) is 0.912. The van der Waals surface area contributed by atoms with Gasteiger partial charge in [-0.1, -0.05) is 17.7 Å². The summed E-state index contributed by atoms with van der Waals surface area (Å²) in [5.74, 6) is 0.952. The average Bonchev–Trinajstić information content (AvgIpc) is 2.76. The molecule has 108 valence electrons. The van der Waals surface area contributed by atoms with Crippen LogP contribution in [-0.4, -0.2) is 13.1 Å². The van der Waals surface area contributed by atoms with E-state index < -0.39 is 0 Å². The summed E-state index contributed by atoms with van der Waals surface area (Å²) >= 11 is 6.13. The third-order valence-corrected chi connectivity index (χ3v) is 3.61. The minimum Gasteiger partial charge on any atom is -0.469 e. The molecule has 0 radical (unpaired) electrons. The van der Waals surface area contributed by atoms with Gasteiger partial charge in [0.25, 0.3) is 0 Å². The fourth-order valence-corrected chi connectivity index (χ4v) is 2.49. The molecule has 0 fully saturated rings. The number of anilines is 1. The first-order valence-electron chi connectivity index (χ1n) is 6.75. The first kappa shape index (κ1) is 14.9. The summed E-state index contributed by atoms with van der Waals surface area (Å²) in [6, 6.07) is 8.09. The van der Waals surface area contributed by atoms with E-state index in [0.717, 1.165) is 29.4 Å². The van der Waals surface area contributed by atoms with Crippen LogP contribution < -0.4 is 10.6 Å². The summed E-state index contributed by atoms with van der Waals surface area (Å²) in [7, 11) is 2.06. The smallest absolute Gasteiger partial charge is 0.105 e. The standard InChI is InChI=1S/C16H21ClN2O/c1-11(18)8-13-4-5-15(17)9-16(13)19(3)10-14-6-7-20-12(14)2/h4-7,9,11H,8,10,18H2,1-3H3. The maximum absolute atomic E-state index is 6.13. The SMILES string of the molecule is Cc1occc1CN(C)c1cc(Cl)ccc1CC(C)N. The summed E-state index contributed by atoms with van der Waals surface area (Å²) in [6.45, 7) is 4.78. The van der Waals surface area contributed by atoms with E-state index in [9.17, 15) is 0 Å². The topological polar surface area (TPSA) is 42.4 Å². The highest BCUT2D eigenvalue weighted by molar-refractivity contribution is 6.30. The van der Waals surface area contributed by atoms with Crippen LogP contribution in [0.25, 0.3) is 0 Å². The zero-order valence-electron chi connectivity index (χ0n) is 12.2. The number of hydrogen-bond donors (Lipinski definition) is 1. The molecule has 2 rings (SSSR count). The van der Waals surface area contributed by atoms with Gasteiger partial charge in [-0.3, -0.25) is 0 Å². The number of furan rings is 1. The summed E-state index contributed by atoms with van der Waals surface area (Å²) in [4.78, 5) is 2.18. The van der Waals surface area contributed by atoms with Crippen LogP contribution in [0.3, 0.4) is 0 Å². The van der Waals surface area contributed by atoms with Gasteiger partial charge in [0.1, 0.15) is 5.76 Å². The molecule has 20 heavy (non-hydrogen) atoms. The number of hydrogen-bond acceptors (Lipinski definition) is 3. The average molecular weight is 293 g/mol. The van der Waals surface area contributed by atoms with Crippen LogP contribution in [0.1, 0.15) is 23.8 Å². The fraction of sp³-hybridized carbons (Fsp3) is 0.375. The second-order valence-electron chi connectivity index (χ2n) is 5.31. The highest BCUT2D eigenvalue weighted by atomic mass is 35.5. The first-order chi connectivity index (χ1) is 9.47. The van der Waals surface area contributed by atoms with Gasteiger partial charge in [0, 0.05) is 35.9 Å². The molecule has 0 spiro atoms. The third-order valence-electron chi connectivity index (χ3n) is 3.37. The second-order valence-corrected chi connectivity index (χ2v) is 5.75. The molecule has 0 aliphatic rings. The van der Waals surface area contributed by atoms with Crippen LogP contribution >= 0.6 is 11.6 Å². The molecular formula is C16H21ClN2O. The van der Waals surface area contributed by atoms with Gasteiger partial charge < -0.3 is 15.1 Å². The molecule has 0 bridgehead atoms. The van der Waals surface area contributed by atoms with Crippen LogP contribution in [0.15, 0.2) is 34.9 Å². The summed E-state index contributed by atoms with van der Waals surface area (Å²) in [6.07, 6.45) is 2.56. The Bertz CT molecular complexity index is 578. The highest BCUT2D eigenvalue weighted by Gasteiger charge is 2.12. The molecule has 0 saturated heterocycles. The molecule has 2 N–H and O–H groups in total. The Balaban J connectivity index is 2.25. The molecular weight excluding hydrogens is 272 g/mol. The number of nitrogens with two attached hydrogens (primary N) is 1. The summed E-state index contributed by atoms with van der Waals surface area (Å²) < 4.78 is 5.35. The van der Waals surface area contributed by atoms with E-state index in [2.05, 4.69) is 18.0 Å². The van der Waals surface area contributed by atoms with Crippen molar-refractivity contribution in [1.29, 1.82) is 0 Å². The molecule has 1 aromatic heterocycles. The maximum Gasteiger partial charge on any atom is 0.105 e. The first-order valence-corrected chi connectivity index (χ1v) is 7.13. The van der Waals surface area contributed by atoms with E-state index in [1.165, 1.54) is 11.1 Å². The maximum atomic E-state index is 6.13. The number of aryl methyl sites for hydroxylation is 1. The molecule has 0 aliphatic carbocycles. The van der Waals surface area contributed by atoms with Crippen molar-refractivity contribution in [1.82, 2.24) is 0 Å².